The molecule has 7 heteroatoms. The van der Waals surface area contributed by atoms with Crippen molar-refractivity contribution in [3.63, 3.8) is 0 Å². The van der Waals surface area contributed by atoms with Crippen molar-refractivity contribution in [1.29, 1.82) is 0 Å². The molecule has 0 spiro atoms. The van der Waals surface area contributed by atoms with Gasteiger partial charge < -0.3 is 13.9 Å². The maximum atomic E-state index is 7.28. The monoisotopic (exact) mass is 690 g/mol. The van der Waals surface area contributed by atoms with E-state index in [9.17, 15) is 0 Å². The number of pyridine rings is 1. The Morgan fingerprint density at radius 2 is 0.963 bits per heavy atom. The van der Waals surface area contributed by atoms with Gasteiger partial charge in [-0.1, -0.05) is 144 Å². The van der Waals surface area contributed by atoms with Gasteiger partial charge in [-0.25, -0.2) is 4.98 Å². The highest BCUT2D eigenvalue weighted by atomic mass is 16.5. The molecule has 5 heterocycles. The Hall–Kier alpha value is -6.98. The lowest BCUT2D eigenvalue weighted by Crippen LogP contribution is -2.60. The third-order valence-electron chi connectivity index (χ3n) is 11.3. The summed E-state index contributed by atoms with van der Waals surface area (Å²) in [5.41, 5.74) is 10.1. The molecule has 250 valence electrons. The number of para-hydroxylation sites is 4. The molecule has 3 aromatic heterocycles. The highest BCUT2D eigenvalue weighted by Crippen LogP contribution is 2.44. The molecule has 0 amide bonds. The zero-order valence-corrected chi connectivity index (χ0v) is 28.9. The SMILES string of the molecule is c1ccc(B2c3ccccc3Oc3c2c2c(c4c3oc3c(-n5c6ccccc6c6ccccc65)nccc34)B(c3ccccc3)c3ccccc3O2)cc1. The molecule has 12 rings (SSSR count). The van der Waals surface area contributed by atoms with Crippen LogP contribution < -0.4 is 42.3 Å². The van der Waals surface area contributed by atoms with Gasteiger partial charge in [0.1, 0.15) is 17.2 Å². The van der Waals surface area contributed by atoms with E-state index in [4.69, 9.17) is 18.9 Å². The van der Waals surface area contributed by atoms with E-state index in [1.807, 2.05) is 18.3 Å². The zero-order chi connectivity index (χ0) is 35.3. The molecule has 7 aromatic carbocycles. The zero-order valence-electron chi connectivity index (χ0n) is 28.9. The molecule has 0 saturated heterocycles. The van der Waals surface area contributed by atoms with Crippen molar-refractivity contribution in [1.82, 2.24) is 9.55 Å². The Labute approximate surface area is 311 Å². The number of nitrogens with zero attached hydrogens (tertiary/aromatic N) is 2. The first kappa shape index (κ1) is 29.6. The average molecular weight is 690 g/mol. The number of furan rings is 1. The maximum Gasteiger partial charge on any atom is 0.256 e. The molecular weight excluding hydrogens is 662 g/mol. The van der Waals surface area contributed by atoms with Gasteiger partial charge in [0, 0.05) is 33.2 Å². The van der Waals surface area contributed by atoms with E-state index in [2.05, 4.69) is 156 Å². The van der Waals surface area contributed by atoms with E-state index in [1.54, 1.807) is 0 Å². The smallest absolute Gasteiger partial charge is 0.256 e. The number of fused-ring (bicyclic) bond motifs is 13. The number of rotatable bonds is 3. The molecule has 5 nitrogen and oxygen atoms in total. The summed E-state index contributed by atoms with van der Waals surface area (Å²) >= 11 is 0. The molecular formula is C47H28B2N2O3. The summed E-state index contributed by atoms with van der Waals surface area (Å²) < 4.78 is 23.7. The normalized spacial score (nSPS) is 13.0. The first-order valence-electron chi connectivity index (χ1n) is 18.4. The van der Waals surface area contributed by atoms with Crippen LogP contribution in [0.25, 0.3) is 49.6 Å². The molecule has 0 unspecified atom stereocenters. The Kier molecular flexibility index (Phi) is 6.17. The minimum Gasteiger partial charge on any atom is -0.459 e. The fourth-order valence-corrected chi connectivity index (χ4v) is 9.12. The van der Waals surface area contributed by atoms with Crippen LogP contribution in [0.4, 0.5) is 0 Å². The third kappa shape index (κ3) is 4.04. The van der Waals surface area contributed by atoms with Gasteiger partial charge in [-0.3, -0.25) is 4.57 Å². The van der Waals surface area contributed by atoms with Crippen molar-refractivity contribution >= 4 is 89.9 Å². The van der Waals surface area contributed by atoms with E-state index in [0.717, 1.165) is 83.0 Å². The summed E-state index contributed by atoms with van der Waals surface area (Å²) in [5.74, 6) is 3.86. The number of aromatic nitrogens is 2. The molecule has 10 aromatic rings. The van der Waals surface area contributed by atoms with Crippen LogP contribution in [0.2, 0.25) is 0 Å². The van der Waals surface area contributed by atoms with E-state index in [0.29, 0.717) is 16.9 Å². The predicted octanol–water partition coefficient (Wildman–Crippen LogP) is 7.32. The van der Waals surface area contributed by atoms with Gasteiger partial charge in [0.05, 0.1) is 11.0 Å². The van der Waals surface area contributed by atoms with Gasteiger partial charge >= 0.3 is 0 Å². The van der Waals surface area contributed by atoms with E-state index >= 15 is 0 Å². The van der Waals surface area contributed by atoms with Gasteiger partial charge in [0.2, 0.25) is 0 Å². The number of hydrogen-bond donors (Lipinski definition) is 0. The Morgan fingerprint density at radius 3 is 1.59 bits per heavy atom. The fraction of sp³-hybridized carbons (Fsp3) is 0. The number of ether oxygens (including phenoxy) is 2. The lowest BCUT2D eigenvalue weighted by Gasteiger charge is -2.34. The van der Waals surface area contributed by atoms with Crippen molar-refractivity contribution in [2.75, 3.05) is 0 Å². The van der Waals surface area contributed by atoms with Gasteiger partial charge in [-0.05, 0) is 46.7 Å². The van der Waals surface area contributed by atoms with Crippen molar-refractivity contribution in [2.24, 2.45) is 0 Å². The molecule has 0 N–H and O–H groups in total. The van der Waals surface area contributed by atoms with Gasteiger partial charge in [0.15, 0.2) is 22.7 Å². The second kappa shape index (κ2) is 11.3. The molecule has 2 aliphatic heterocycles. The predicted molar refractivity (Wildman–Crippen MR) is 221 cm³/mol. The first-order valence-corrected chi connectivity index (χ1v) is 18.4. The summed E-state index contributed by atoms with van der Waals surface area (Å²) in [6.07, 6.45) is 1.90. The molecule has 54 heavy (non-hydrogen) atoms. The van der Waals surface area contributed by atoms with Crippen molar-refractivity contribution < 1.29 is 13.9 Å². The molecule has 2 aliphatic rings. The molecule has 0 aliphatic carbocycles. The van der Waals surface area contributed by atoms with E-state index in [-0.39, 0.29) is 13.4 Å². The highest BCUT2D eigenvalue weighted by molar-refractivity contribution is 7.01. The van der Waals surface area contributed by atoms with Gasteiger partial charge in [-0.15, -0.1) is 0 Å². The van der Waals surface area contributed by atoms with Crippen LogP contribution in [0.1, 0.15) is 0 Å². The Morgan fingerprint density at radius 1 is 0.444 bits per heavy atom. The summed E-state index contributed by atoms with van der Waals surface area (Å²) in [7, 11) is 0. The minimum atomic E-state index is -0.172. The van der Waals surface area contributed by atoms with Gasteiger partial charge in [0.25, 0.3) is 13.4 Å². The topological polar surface area (TPSA) is 49.4 Å². The quantitative estimate of drug-likeness (QED) is 0.183. The summed E-state index contributed by atoms with van der Waals surface area (Å²) in [6.45, 7) is -0.313. The average Bonchev–Trinajstić information content (AvgIpc) is 3.80. The summed E-state index contributed by atoms with van der Waals surface area (Å²) in [6, 6.07) is 57.2. The van der Waals surface area contributed by atoms with Crippen LogP contribution in [0.15, 0.2) is 174 Å². The first-order chi connectivity index (χ1) is 26.8. The Balaban J connectivity index is 1.27. The second-order valence-electron chi connectivity index (χ2n) is 14.1. The minimum absolute atomic E-state index is 0.141. The fourth-order valence-electron chi connectivity index (χ4n) is 9.12. The molecule has 0 radical (unpaired) electrons. The molecule has 0 bridgehead atoms. The standard InChI is InChI=1S/C47H28B2N2O3/c1-3-15-29(16-4-1)48-34-21-9-13-25-38(34)52-45-41(48)40-33-27-28-50-47(51-36-23-11-7-19-31(36)32-20-8-12-24-37(32)51)43(33)54-44(40)46-42(45)49(30-17-5-2-6-18-30)35-22-10-14-26-39(35)53-46/h1-28H. The lowest BCUT2D eigenvalue weighted by molar-refractivity contribution is 0.466. The Bertz CT molecular complexity index is 3080. The highest BCUT2D eigenvalue weighted by Gasteiger charge is 2.44. The van der Waals surface area contributed by atoms with Crippen LogP contribution in [0.5, 0.6) is 23.0 Å². The van der Waals surface area contributed by atoms with E-state index in [1.165, 1.54) is 5.46 Å². The summed E-state index contributed by atoms with van der Waals surface area (Å²) in [5, 5.41) is 4.26. The van der Waals surface area contributed by atoms with Crippen LogP contribution >= 0.6 is 0 Å². The van der Waals surface area contributed by atoms with Gasteiger partial charge in [-0.2, -0.15) is 0 Å². The van der Waals surface area contributed by atoms with Crippen LogP contribution in [0, 0.1) is 0 Å². The molecule has 0 atom stereocenters. The lowest BCUT2D eigenvalue weighted by atomic mass is 9.31. The molecule has 0 fully saturated rings. The van der Waals surface area contributed by atoms with Crippen LogP contribution in [-0.2, 0) is 0 Å². The van der Waals surface area contributed by atoms with Crippen molar-refractivity contribution in [3.8, 4) is 28.8 Å². The van der Waals surface area contributed by atoms with Crippen molar-refractivity contribution in [3.05, 3.63) is 170 Å². The number of benzene rings is 7. The van der Waals surface area contributed by atoms with Crippen LogP contribution in [0.3, 0.4) is 0 Å². The maximum absolute atomic E-state index is 7.28. The van der Waals surface area contributed by atoms with Crippen LogP contribution in [-0.4, -0.2) is 23.0 Å². The number of hydrogen-bond acceptors (Lipinski definition) is 4. The summed E-state index contributed by atoms with van der Waals surface area (Å²) in [4.78, 5) is 5.08. The second-order valence-corrected chi connectivity index (χ2v) is 14.1. The third-order valence-corrected chi connectivity index (χ3v) is 11.3. The van der Waals surface area contributed by atoms with E-state index < -0.39 is 0 Å². The largest absolute Gasteiger partial charge is 0.459 e. The van der Waals surface area contributed by atoms with Crippen molar-refractivity contribution in [2.45, 2.75) is 0 Å². The molecule has 0 saturated carbocycles.